The van der Waals surface area contributed by atoms with Crippen molar-refractivity contribution in [3.63, 3.8) is 0 Å². The first-order valence-corrected chi connectivity index (χ1v) is 19.6. The molecule has 1 aromatic heterocycles. The van der Waals surface area contributed by atoms with Gasteiger partial charge < -0.3 is 19.5 Å². The second kappa shape index (κ2) is 14.1. The van der Waals surface area contributed by atoms with Gasteiger partial charge in [-0.15, -0.1) is 5.10 Å². The van der Waals surface area contributed by atoms with E-state index < -0.39 is 13.7 Å². The van der Waals surface area contributed by atoms with Crippen LogP contribution in [0.4, 0.5) is 5.69 Å². The minimum Gasteiger partial charge on any atom is -0.497 e. The number of aliphatic hydroxyl groups is 1. The summed E-state index contributed by atoms with van der Waals surface area (Å²) in [6, 6.07) is 16.7. The zero-order chi connectivity index (χ0) is 33.1. The van der Waals surface area contributed by atoms with Crippen molar-refractivity contribution < 1.29 is 19.4 Å². The Bertz CT molecular complexity index is 1580. The summed E-state index contributed by atoms with van der Waals surface area (Å²) in [6.07, 6.45) is 9.35. The van der Waals surface area contributed by atoms with Gasteiger partial charge in [0.25, 0.3) is 5.91 Å². The number of para-hydroxylation sites is 1. The van der Waals surface area contributed by atoms with Gasteiger partial charge in [-0.3, -0.25) is 9.48 Å². The normalized spacial score (nSPS) is 22.9. The summed E-state index contributed by atoms with van der Waals surface area (Å²) in [5.41, 5.74) is 4.38. The molecule has 9 heteroatoms. The fourth-order valence-electron chi connectivity index (χ4n) is 7.59. The lowest BCUT2D eigenvalue weighted by Gasteiger charge is -2.37. The zero-order valence-corrected chi connectivity index (χ0v) is 29.5. The topological polar surface area (TPSA) is 89.7 Å². The van der Waals surface area contributed by atoms with Gasteiger partial charge in [0, 0.05) is 43.8 Å². The number of carbonyl (C=O) groups is 1. The molecule has 0 unspecified atom stereocenters. The lowest BCUT2D eigenvalue weighted by molar-refractivity contribution is -0.145. The summed E-state index contributed by atoms with van der Waals surface area (Å²) in [5, 5.41) is 19.2. The van der Waals surface area contributed by atoms with E-state index in [1.165, 1.54) is 16.3 Å². The summed E-state index contributed by atoms with van der Waals surface area (Å²) < 4.78 is 14.5. The van der Waals surface area contributed by atoms with Crippen LogP contribution in [0.25, 0.3) is 0 Å². The number of fused-ring (bicyclic) bond motifs is 2. The number of hydrogen-bond donors (Lipinski definition) is 1. The van der Waals surface area contributed by atoms with E-state index in [2.05, 4.69) is 87.5 Å². The third-order valence-corrected chi connectivity index (χ3v) is 14.4. The molecule has 5 rings (SSSR count). The number of anilines is 1. The number of carbonyl (C=O) groups excluding carboxylic acids is 1. The summed E-state index contributed by atoms with van der Waals surface area (Å²) in [4.78, 5) is 16.8. The summed E-state index contributed by atoms with van der Waals surface area (Å²) in [5.74, 6) is 0.817. The summed E-state index contributed by atoms with van der Waals surface area (Å²) >= 11 is 0. The van der Waals surface area contributed by atoms with Gasteiger partial charge in [0.1, 0.15) is 5.75 Å². The Morgan fingerprint density at radius 3 is 2.54 bits per heavy atom. The summed E-state index contributed by atoms with van der Waals surface area (Å²) in [7, 11) is -0.538. The number of aliphatic hydroxyl groups excluding tert-OH is 1. The first-order chi connectivity index (χ1) is 22.0. The van der Waals surface area contributed by atoms with Crippen molar-refractivity contribution in [2.45, 2.75) is 90.3 Å². The standard InChI is InChI=1S/C37H50N4O4Si/c1-26(2)11-10-12-27(3)19-23-41-33-14-9-8-13-32(33)37(36(41)43)28(4)35(46(6,7)31-17-15-30(44-5)16-18-31)34(45-37)20-22-40-25-29(21-24-42)38-39-40/h8-9,11,13-19,25,28,34-35,42H,10,12,20-24H2,1-7H3/b27-19+/t28-,34+,35-,37+/m1/s1. The summed E-state index contributed by atoms with van der Waals surface area (Å²) in [6.45, 7) is 14.6. The molecule has 2 aliphatic rings. The molecular formula is C37H50N4O4Si. The number of nitrogens with zero attached hydrogens (tertiary/aromatic N) is 4. The van der Waals surface area contributed by atoms with Gasteiger partial charge in [-0.25, -0.2) is 0 Å². The predicted octanol–water partition coefficient (Wildman–Crippen LogP) is 6.17. The molecule has 1 saturated heterocycles. The SMILES string of the molecule is COc1ccc([Si](C)(C)[C@H]2[C@H](CCn3cc(CCO)nn3)O[C@@]3(C(=O)N(C/C=C(\C)CCC=C(C)C)c4ccccc43)[C@@H]2C)cc1. The fourth-order valence-corrected chi connectivity index (χ4v) is 11.7. The molecule has 3 heterocycles. The monoisotopic (exact) mass is 642 g/mol. The molecular weight excluding hydrogens is 593 g/mol. The third kappa shape index (κ3) is 6.50. The molecule has 0 saturated carbocycles. The van der Waals surface area contributed by atoms with Crippen LogP contribution in [0.2, 0.25) is 18.6 Å². The van der Waals surface area contributed by atoms with E-state index in [-0.39, 0.29) is 30.1 Å². The van der Waals surface area contributed by atoms with Crippen LogP contribution in [0.1, 0.15) is 58.2 Å². The van der Waals surface area contributed by atoms with E-state index in [0.29, 0.717) is 25.9 Å². The first-order valence-electron chi connectivity index (χ1n) is 16.6. The van der Waals surface area contributed by atoms with Crippen molar-refractivity contribution in [3.8, 4) is 5.75 Å². The minimum absolute atomic E-state index is 0.0348. The fraction of sp³-hybridized carbons (Fsp3) is 0.486. The second-order valence-electron chi connectivity index (χ2n) is 13.7. The minimum atomic E-state index is -2.23. The molecule has 1 fully saturated rings. The molecule has 1 amide bonds. The van der Waals surface area contributed by atoms with Gasteiger partial charge in [-0.05, 0) is 63.8 Å². The largest absolute Gasteiger partial charge is 0.497 e. The average Bonchev–Trinajstić information content (AvgIpc) is 3.68. The number of hydrogen-bond acceptors (Lipinski definition) is 6. The molecule has 0 aliphatic carbocycles. The van der Waals surface area contributed by atoms with Crippen LogP contribution >= 0.6 is 0 Å². The Balaban J connectivity index is 1.50. The van der Waals surface area contributed by atoms with Crippen molar-refractivity contribution >= 4 is 24.9 Å². The maximum atomic E-state index is 14.8. The zero-order valence-electron chi connectivity index (χ0n) is 28.5. The third-order valence-electron chi connectivity index (χ3n) is 10.1. The number of amides is 1. The lowest BCUT2D eigenvalue weighted by Crippen LogP contribution is -2.52. The number of aryl methyl sites for hydroxylation is 1. The molecule has 3 aromatic rings. The number of allylic oxidation sites excluding steroid dienone is 3. The number of ether oxygens (including phenoxy) is 2. The van der Waals surface area contributed by atoms with Gasteiger partial charge in [0.05, 0.1) is 32.7 Å². The van der Waals surface area contributed by atoms with Gasteiger partial charge >= 0.3 is 0 Å². The number of benzene rings is 2. The molecule has 246 valence electrons. The molecule has 1 N–H and O–H groups in total. The van der Waals surface area contributed by atoms with Crippen molar-refractivity contribution in [2.75, 3.05) is 25.2 Å². The highest BCUT2D eigenvalue weighted by molar-refractivity contribution is 6.91. The van der Waals surface area contributed by atoms with E-state index in [4.69, 9.17) is 9.47 Å². The van der Waals surface area contributed by atoms with Crippen LogP contribution in [-0.2, 0) is 28.1 Å². The number of aromatic nitrogens is 3. The molecule has 2 aliphatic heterocycles. The molecule has 46 heavy (non-hydrogen) atoms. The highest BCUT2D eigenvalue weighted by Gasteiger charge is 2.66. The van der Waals surface area contributed by atoms with Crippen LogP contribution in [-0.4, -0.2) is 60.4 Å². The van der Waals surface area contributed by atoms with Crippen molar-refractivity contribution in [1.82, 2.24) is 15.0 Å². The van der Waals surface area contributed by atoms with Crippen LogP contribution in [0.3, 0.4) is 0 Å². The Morgan fingerprint density at radius 2 is 1.85 bits per heavy atom. The molecule has 0 radical (unpaired) electrons. The van der Waals surface area contributed by atoms with E-state index in [9.17, 15) is 9.90 Å². The maximum Gasteiger partial charge on any atom is 0.264 e. The Hall–Kier alpha value is -3.53. The number of methoxy groups -OCH3 is 1. The van der Waals surface area contributed by atoms with E-state index >= 15 is 0 Å². The maximum absolute atomic E-state index is 14.8. The Morgan fingerprint density at radius 1 is 1.11 bits per heavy atom. The van der Waals surface area contributed by atoms with E-state index in [1.54, 1.807) is 7.11 Å². The van der Waals surface area contributed by atoms with Crippen molar-refractivity contribution in [2.24, 2.45) is 5.92 Å². The van der Waals surface area contributed by atoms with Crippen molar-refractivity contribution in [1.29, 1.82) is 0 Å². The van der Waals surface area contributed by atoms with E-state index in [1.807, 2.05) is 40.0 Å². The molecule has 4 atom stereocenters. The van der Waals surface area contributed by atoms with E-state index in [0.717, 1.165) is 35.5 Å². The molecule has 1 spiro atoms. The van der Waals surface area contributed by atoms with Crippen LogP contribution in [0, 0.1) is 5.92 Å². The lowest BCUT2D eigenvalue weighted by atomic mass is 9.82. The van der Waals surface area contributed by atoms with Crippen LogP contribution in [0.15, 0.2) is 78.0 Å². The quantitative estimate of drug-likeness (QED) is 0.177. The first kappa shape index (κ1) is 33.8. The van der Waals surface area contributed by atoms with Gasteiger partial charge in [-0.2, -0.15) is 0 Å². The smallest absolute Gasteiger partial charge is 0.264 e. The molecule has 0 bridgehead atoms. The Kier molecular flexibility index (Phi) is 10.3. The number of rotatable bonds is 13. The molecule has 2 aromatic carbocycles. The predicted molar refractivity (Wildman–Crippen MR) is 186 cm³/mol. The highest BCUT2D eigenvalue weighted by Crippen LogP contribution is 2.59. The molecule has 8 nitrogen and oxygen atoms in total. The highest BCUT2D eigenvalue weighted by atomic mass is 28.3. The van der Waals surface area contributed by atoms with Gasteiger partial charge in [-0.1, -0.05) is 84.0 Å². The van der Waals surface area contributed by atoms with Gasteiger partial charge in [0.2, 0.25) is 0 Å². The van der Waals surface area contributed by atoms with Crippen LogP contribution in [0.5, 0.6) is 5.75 Å². The average molecular weight is 643 g/mol. The van der Waals surface area contributed by atoms with Crippen molar-refractivity contribution in [3.05, 3.63) is 89.3 Å². The second-order valence-corrected chi connectivity index (χ2v) is 18.4. The van der Waals surface area contributed by atoms with Gasteiger partial charge in [0.15, 0.2) is 5.60 Å². The Labute approximate surface area is 275 Å². The van der Waals surface area contributed by atoms with Crippen LogP contribution < -0.4 is 14.8 Å².